The molecule has 0 bridgehead atoms. The fraction of sp³-hybridized carbons (Fsp3) is 0.438. The average Bonchev–Trinajstić information content (AvgIpc) is 3.17. The van der Waals surface area contributed by atoms with Crippen LogP contribution in [0.4, 0.5) is 4.79 Å². The highest BCUT2D eigenvalue weighted by Crippen LogP contribution is 2.24. The van der Waals surface area contributed by atoms with Crippen LogP contribution >= 0.6 is 11.3 Å². The summed E-state index contributed by atoms with van der Waals surface area (Å²) in [5, 5.41) is 5.14. The number of nitrogens with one attached hydrogen (secondary N) is 1. The summed E-state index contributed by atoms with van der Waals surface area (Å²) in [6, 6.07) is 5.96. The van der Waals surface area contributed by atoms with Gasteiger partial charge < -0.3 is 14.6 Å². The summed E-state index contributed by atoms with van der Waals surface area (Å²) in [6.45, 7) is 2.02. The summed E-state index contributed by atoms with van der Waals surface area (Å²) < 4.78 is 5.47. The van der Waals surface area contributed by atoms with Gasteiger partial charge in [-0.05, 0) is 49.7 Å². The SMILES string of the molecule is CN(C)[C@H](CNC(=O)N1CCc2sccc2C1)c1ccco1. The highest BCUT2D eigenvalue weighted by atomic mass is 32.1. The Bertz CT molecular complexity index is 621. The molecule has 0 spiro atoms. The lowest BCUT2D eigenvalue weighted by Gasteiger charge is -2.29. The fourth-order valence-electron chi connectivity index (χ4n) is 2.74. The number of rotatable bonds is 4. The molecule has 2 aromatic rings. The van der Waals surface area contributed by atoms with Crippen molar-refractivity contribution in [2.45, 2.75) is 19.0 Å². The molecule has 1 aliphatic rings. The first-order valence-corrected chi connectivity index (χ1v) is 8.31. The second kappa shape index (κ2) is 6.54. The van der Waals surface area contributed by atoms with Crippen molar-refractivity contribution < 1.29 is 9.21 Å². The molecule has 0 aromatic carbocycles. The lowest BCUT2D eigenvalue weighted by atomic mass is 10.1. The Labute approximate surface area is 134 Å². The van der Waals surface area contributed by atoms with Crippen LogP contribution in [0.15, 0.2) is 34.3 Å². The summed E-state index contributed by atoms with van der Waals surface area (Å²) in [4.78, 5) is 17.7. The maximum absolute atomic E-state index is 12.4. The predicted molar refractivity (Wildman–Crippen MR) is 87.0 cm³/mol. The number of amides is 2. The minimum atomic E-state index is -0.00439. The van der Waals surface area contributed by atoms with E-state index in [2.05, 4.69) is 16.8 Å². The Hall–Kier alpha value is -1.79. The van der Waals surface area contributed by atoms with Gasteiger partial charge in [0.2, 0.25) is 0 Å². The summed E-state index contributed by atoms with van der Waals surface area (Å²) in [5.41, 5.74) is 1.28. The van der Waals surface area contributed by atoms with Crippen LogP contribution in [0, 0.1) is 0 Å². The number of likely N-dealkylation sites (N-methyl/N-ethyl adjacent to an activating group) is 1. The molecule has 6 heteroatoms. The van der Waals surface area contributed by atoms with Crippen molar-refractivity contribution in [1.82, 2.24) is 15.1 Å². The van der Waals surface area contributed by atoms with Crippen molar-refractivity contribution in [3.8, 4) is 0 Å². The van der Waals surface area contributed by atoms with Gasteiger partial charge in [0.1, 0.15) is 5.76 Å². The number of thiophene rings is 1. The Morgan fingerprint density at radius 2 is 2.36 bits per heavy atom. The van der Waals surface area contributed by atoms with E-state index in [1.54, 1.807) is 17.6 Å². The van der Waals surface area contributed by atoms with Crippen LogP contribution in [0.25, 0.3) is 0 Å². The molecular formula is C16H21N3O2S. The van der Waals surface area contributed by atoms with Crippen LogP contribution < -0.4 is 5.32 Å². The standard InChI is InChI=1S/C16H21N3O2S/c1-18(2)13(14-4-3-8-21-14)10-17-16(20)19-7-5-15-12(11-19)6-9-22-15/h3-4,6,8-9,13H,5,7,10-11H2,1-2H3,(H,17,20)/t13-/m1/s1. The summed E-state index contributed by atoms with van der Waals surface area (Å²) in [6.07, 6.45) is 2.62. The van der Waals surface area contributed by atoms with Gasteiger partial charge in [-0.15, -0.1) is 11.3 Å². The van der Waals surface area contributed by atoms with E-state index in [1.807, 2.05) is 36.0 Å². The molecule has 3 rings (SSSR count). The average molecular weight is 319 g/mol. The Morgan fingerprint density at radius 3 is 3.09 bits per heavy atom. The predicted octanol–water partition coefficient (Wildman–Crippen LogP) is 2.71. The van der Waals surface area contributed by atoms with E-state index in [4.69, 9.17) is 4.42 Å². The van der Waals surface area contributed by atoms with Gasteiger partial charge in [-0.1, -0.05) is 0 Å². The molecule has 0 saturated carbocycles. The summed E-state index contributed by atoms with van der Waals surface area (Å²) in [5.74, 6) is 0.865. The fourth-order valence-corrected chi connectivity index (χ4v) is 3.63. The number of fused-ring (bicyclic) bond motifs is 1. The topological polar surface area (TPSA) is 48.7 Å². The minimum absolute atomic E-state index is 0.00439. The van der Waals surface area contributed by atoms with Gasteiger partial charge in [-0.25, -0.2) is 4.79 Å². The van der Waals surface area contributed by atoms with E-state index in [-0.39, 0.29) is 12.1 Å². The Morgan fingerprint density at radius 1 is 1.50 bits per heavy atom. The maximum atomic E-state index is 12.4. The van der Waals surface area contributed by atoms with Crippen molar-refractivity contribution in [3.05, 3.63) is 46.0 Å². The maximum Gasteiger partial charge on any atom is 0.317 e. The number of carbonyl (C=O) groups is 1. The second-order valence-corrected chi connectivity index (χ2v) is 6.72. The van der Waals surface area contributed by atoms with E-state index in [0.29, 0.717) is 13.1 Å². The molecule has 3 heterocycles. The van der Waals surface area contributed by atoms with Crippen LogP contribution in [0.1, 0.15) is 22.2 Å². The number of hydrogen-bond acceptors (Lipinski definition) is 4. The molecule has 0 saturated heterocycles. The molecule has 22 heavy (non-hydrogen) atoms. The smallest absolute Gasteiger partial charge is 0.317 e. The molecule has 0 aliphatic carbocycles. The van der Waals surface area contributed by atoms with Crippen LogP contribution in [-0.2, 0) is 13.0 Å². The third-order valence-electron chi connectivity index (χ3n) is 4.04. The third-order valence-corrected chi connectivity index (χ3v) is 5.06. The van der Waals surface area contributed by atoms with E-state index in [9.17, 15) is 4.79 Å². The molecule has 0 fully saturated rings. The van der Waals surface area contributed by atoms with E-state index < -0.39 is 0 Å². The lowest BCUT2D eigenvalue weighted by Crippen LogP contribution is -2.44. The molecule has 5 nitrogen and oxygen atoms in total. The second-order valence-electron chi connectivity index (χ2n) is 5.72. The highest BCUT2D eigenvalue weighted by Gasteiger charge is 2.23. The molecule has 118 valence electrons. The van der Waals surface area contributed by atoms with Crippen LogP contribution in [0.2, 0.25) is 0 Å². The van der Waals surface area contributed by atoms with Gasteiger partial charge in [0.05, 0.1) is 12.3 Å². The first kappa shape index (κ1) is 15.1. The quantitative estimate of drug-likeness (QED) is 0.942. The van der Waals surface area contributed by atoms with E-state index >= 15 is 0 Å². The zero-order chi connectivity index (χ0) is 15.5. The van der Waals surface area contributed by atoms with Crippen LogP contribution in [0.3, 0.4) is 0 Å². The van der Waals surface area contributed by atoms with E-state index in [1.165, 1.54) is 10.4 Å². The molecule has 2 aromatic heterocycles. The first-order valence-electron chi connectivity index (χ1n) is 7.43. The van der Waals surface area contributed by atoms with Gasteiger partial charge in [0, 0.05) is 24.5 Å². The first-order chi connectivity index (χ1) is 10.6. The summed E-state index contributed by atoms with van der Waals surface area (Å²) >= 11 is 1.78. The zero-order valence-electron chi connectivity index (χ0n) is 12.9. The van der Waals surface area contributed by atoms with Crippen LogP contribution in [-0.4, -0.2) is 43.0 Å². The largest absolute Gasteiger partial charge is 0.468 e. The number of nitrogens with zero attached hydrogens (tertiary/aromatic N) is 2. The third kappa shape index (κ3) is 3.18. The molecule has 1 atom stereocenters. The van der Waals surface area contributed by atoms with Gasteiger partial charge in [0.25, 0.3) is 0 Å². The normalized spacial score (nSPS) is 15.7. The molecule has 0 unspecified atom stereocenters. The van der Waals surface area contributed by atoms with Gasteiger partial charge in [-0.3, -0.25) is 4.90 Å². The molecular weight excluding hydrogens is 298 g/mol. The number of furan rings is 1. The number of carbonyl (C=O) groups excluding carboxylic acids is 1. The number of urea groups is 1. The highest BCUT2D eigenvalue weighted by molar-refractivity contribution is 7.10. The zero-order valence-corrected chi connectivity index (χ0v) is 13.7. The van der Waals surface area contributed by atoms with Crippen molar-refractivity contribution in [2.75, 3.05) is 27.2 Å². The Balaban J connectivity index is 1.58. The van der Waals surface area contributed by atoms with E-state index in [0.717, 1.165) is 18.7 Å². The van der Waals surface area contributed by atoms with Crippen molar-refractivity contribution >= 4 is 17.4 Å². The van der Waals surface area contributed by atoms with Crippen molar-refractivity contribution in [1.29, 1.82) is 0 Å². The van der Waals surface area contributed by atoms with Gasteiger partial charge >= 0.3 is 6.03 Å². The molecule has 1 N–H and O–H groups in total. The minimum Gasteiger partial charge on any atom is -0.468 e. The lowest BCUT2D eigenvalue weighted by molar-refractivity contribution is 0.185. The van der Waals surface area contributed by atoms with Crippen molar-refractivity contribution in [3.63, 3.8) is 0 Å². The van der Waals surface area contributed by atoms with Crippen LogP contribution in [0.5, 0.6) is 0 Å². The number of hydrogen-bond donors (Lipinski definition) is 1. The van der Waals surface area contributed by atoms with Crippen molar-refractivity contribution in [2.24, 2.45) is 0 Å². The molecule has 0 radical (unpaired) electrons. The monoisotopic (exact) mass is 319 g/mol. The molecule has 2 amide bonds. The molecule has 1 aliphatic heterocycles. The van der Waals surface area contributed by atoms with Gasteiger partial charge in [0.15, 0.2) is 0 Å². The Kier molecular flexibility index (Phi) is 4.49. The summed E-state index contributed by atoms with van der Waals surface area (Å²) in [7, 11) is 3.97. The van der Waals surface area contributed by atoms with Gasteiger partial charge in [-0.2, -0.15) is 0 Å².